The second-order valence-electron chi connectivity index (χ2n) is 5.32. The number of thioether (sulfide) groups is 2. The lowest BCUT2D eigenvalue weighted by atomic mass is 10.2. The fourth-order valence-electron chi connectivity index (χ4n) is 2.16. The Labute approximate surface area is 160 Å². The average molecular weight is 383 g/mol. The van der Waals surface area contributed by atoms with Crippen LogP contribution in [0.15, 0.2) is 64.6 Å². The van der Waals surface area contributed by atoms with Crippen molar-refractivity contribution in [1.82, 2.24) is 15.2 Å². The van der Waals surface area contributed by atoms with Gasteiger partial charge < -0.3 is 5.32 Å². The van der Waals surface area contributed by atoms with Crippen molar-refractivity contribution >= 4 is 47.3 Å². The molecule has 26 heavy (non-hydrogen) atoms. The highest BCUT2D eigenvalue weighted by Crippen LogP contribution is 2.20. The lowest BCUT2D eigenvalue weighted by Gasteiger charge is -2.05. The average Bonchev–Trinajstić information content (AvgIpc) is 3.14. The minimum Gasteiger partial charge on any atom is -0.325 e. The van der Waals surface area contributed by atoms with Crippen LogP contribution in [0.25, 0.3) is 12.2 Å². The molecule has 0 saturated carbocycles. The van der Waals surface area contributed by atoms with Gasteiger partial charge in [0.25, 0.3) is 0 Å². The third-order valence-corrected chi connectivity index (χ3v) is 4.97. The van der Waals surface area contributed by atoms with Crippen molar-refractivity contribution in [1.29, 1.82) is 0 Å². The Morgan fingerprint density at radius 1 is 1.15 bits per heavy atom. The van der Waals surface area contributed by atoms with Crippen LogP contribution in [0.4, 0.5) is 5.69 Å². The molecule has 0 unspecified atom stereocenters. The number of hydrogen-bond acceptors (Lipinski definition) is 5. The first-order chi connectivity index (χ1) is 12.7. The summed E-state index contributed by atoms with van der Waals surface area (Å²) >= 11 is 2.93. The highest BCUT2D eigenvalue weighted by Gasteiger charge is 2.07. The number of H-pyrrole nitrogens is 1. The zero-order valence-corrected chi connectivity index (χ0v) is 15.8. The fraction of sp³-hybridized carbons (Fsp3) is 0.105. The van der Waals surface area contributed by atoms with Crippen molar-refractivity contribution in [2.75, 3.05) is 17.3 Å². The number of nitrogens with zero attached hydrogens (tertiary/aromatic N) is 2. The third-order valence-electron chi connectivity index (χ3n) is 3.40. The van der Waals surface area contributed by atoms with Gasteiger partial charge in [-0.05, 0) is 36.1 Å². The van der Waals surface area contributed by atoms with Crippen LogP contribution in [-0.4, -0.2) is 33.1 Å². The lowest BCUT2D eigenvalue weighted by Crippen LogP contribution is -2.14. The van der Waals surface area contributed by atoms with E-state index in [0.29, 0.717) is 11.0 Å². The quantitative estimate of drug-likeness (QED) is 0.592. The Kier molecular flexibility index (Phi) is 6.51. The molecule has 2 N–H and O–H groups in total. The number of carbonyl (C=O) groups is 1. The van der Waals surface area contributed by atoms with Gasteiger partial charge in [-0.1, -0.05) is 54.2 Å². The van der Waals surface area contributed by atoms with Gasteiger partial charge in [0.05, 0.1) is 5.75 Å². The maximum atomic E-state index is 12.1. The van der Waals surface area contributed by atoms with Crippen LogP contribution >= 0.6 is 23.5 Å². The van der Waals surface area contributed by atoms with Crippen molar-refractivity contribution in [2.24, 2.45) is 0 Å². The van der Waals surface area contributed by atoms with E-state index in [9.17, 15) is 4.79 Å². The van der Waals surface area contributed by atoms with E-state index >= 15 is 0 Å². The summed E-state index contributed by atoms with van der Waals surface area (Å²) in [6.45, 7) is 0. The van der Waals surface area contributed by atoms with Gasteiger partial charge in [0, 0.05) is 10.6 Å². The summed E-state index contributed by atoms with van der Waals surface area (Å²) in [4.78, 5) is 17.6. The first-order valence-corrected chi connectivity index (χ1v) is 10.2. The monoisotopic (exact) mass is 382 g/mol. The highest BCUT2D eigenvalue weighted by molar-refractivity contribution is 7.99. The van der Waals surface area contributed by atoms with E-state index in [0.717, 1.165) is 16.1 Å². The topological polar surface area (TPSA) is 70.7 Å². The van der Waals surface area contributed by atoms with E-state index in [-0.39, 0.29) is 11.7 Å². The molecule has 132 valence electrons. The van der Waals surface area contributed by atoms with Gasteiger partial charge in [-0.2, -0.15) is 0 Å². The molecule has 1 heterocycles. The number of rotatable bonds is 7. The number of nitrogens with one attached hydrogen (secondary N) is 2. The number of carbonyl (C=O) groups excluding carboxylic acids is 1. The molecule has 3 aromatic rings. The number of benzene rings is 2. The molecular formula is C19H18N4OS2. The normalized spacial score (nSPS) is 11.0. The SMILES string of the molecule is CSc1cccc(NC(=O)CSc2n[nH]c(/C=C/c3ccccc3)n2)c1. The summed E-state index contributed by atoms with van der Waals surface area (Å²) in [6, 6.07) is 17.7. The van der Waals surface area contributed by atoms with Crippen LogP contribution in [0.1, 0.15) is 11.4 Å². The van der Waals surface area contributed by atoms with Gasteiger partial charge >= 0.3 is 0 Å². The van der Waals surface area contributed by atoms with E-state index in [2.05, 4.69) is 20.5 Å². The fourth-order valence-corrected chi connectivity index (χ4v) is 3.23. The molecule has 0 aliphatic carbocycles. The Morgan fingerprint density at radius 2 is 2.00 bits per heavy atom. The Bertz CT molecular complexity index is 893. The molecule has 7 heteroatoms. The number of amides is 1. The summed E-state index contributed by atoms with van der Waals surface area (Å²) in [5.41, 5.74) is 1.88. The van der Waals surface area contributed by atoms with E-state index in [4.69, 9.17) is 0 Å². The molecule has 3 rings (SSSR count). The smallest absolute Gasteiger partial charge is 0.234 e. The molecule has 0 atom stereocenters. The molecule has 0 radical (unpaired) electrons. The Morgan fingerprint density at radius 3 is 2.81 bits per heavy atom. The number of anilines is 1. The van der Waals surface area contributed by atoms with Crippen LogP contribution in [0.2, 0.25) is 0 Å². The molecular weight excluding hydrogens is 364 g/mol. The van der Waals surface area contributed by atoms with Crippen molar-refractivity contribution in [3.8, 4) is 0 Å². The second-order valence-corrected chi connectivity index (χ2v) is 7.14. The molecule has 0 fully saturated rings. The van der Waals surface area contributed by atoms with Gasteiger partial charge in [0.2, 0.25) is 11.1 Å². The molecule has 2 aromatic carbocycles. The summed E-state index contributed by atoms with van der Waals surface area (Å²) in [5, 5.41) is 10.4. The van der Waals surface area contributed by atoms with E-state index in [1.165, 1.54) is 11.8 Å². The van der Waals surface area contributed by atoms with Crippen LogP contribution in [0.3, 0.4) is 0 Å². The molecule has 1 amide bonds. The summed E-state index contributed by atoms with van der Waals surface area (Å²) in [6.07, 6.45) is 5.82. The second kappa shape index (κ2) is 9.26. The minimum absolute atomic E-state index is 0.0839. The molecule has 0 saturated heterocycles. The number of hydrogen-bond donors (Lipinski definition) is 2. The van der Waals surface area contributed by atoms with Crippen molar-refractivity contribution in [2.45, 2.75) is 10.1 Å². The summed E-state index contributed by atoms with van der Waals surface area (Å²) in [5.74, 6) is 0.826. The zero-order chi connectivity index (χ0) is 18.2. The van der Waals surface area contributed by atoms with Crippen molar-refractivity contribution < 1.29 is 4.79 Å². The van der Waals surface area contributed by atoms with Gasteiger partial charge in [0.15, 0.2) is 0 Å². The molecule has 0 bridgehead atoms. The minimum atomic E-state index is -0.0839. The molecule has 5 nitrogen and oxygen atoms in total. The van der Waals surface area contributed by atoms with Gasteiger partial charge in [-0.25, -0.2) is 4.98 Å². The first-order valence-electron chi connectivity index (χ1n) is 7.95. The highest BCUT2D eigenvalue weighted by atomic mass is 32.2. The van der Waals surface area contributed by atoms with E-state index in [1.54, 1.807) is 11.8 Å². The Balaban J connectivity index is 1.51. The molecule has 1 aromatic heterocycles. The summed E-state index contributed by atoms with van der Waals surface area (Å²) in [7, 11) is 0. The van der Waals surface area contributed by atoms with Gasteiger partial charge in [-0.15, -0.1) is 16.9 Å². The lowest BCUT2D eigenvalue weighted by molar-refractivity contribution is -0.113. The summed E-state index contributed by atoms with van der Waals surface area (Å²) < 4.78 is 0. The number of aromatic nitrogens is 3. The van der Waals surface area contributed by atoms with E-state index in [1.807, 2.05) is 73.0 Å². The molecule has 0 aliphatic heterocycles. The van der Waals surface area contributed by atoms with Crippen molar-refractivity contribution in [3.05, 3.63) is 66.0 Å². The van der Waals surface area contributed by atoms with Crippen LogP contribution in [0, 0.1) is 0 Å². The zero-order valence-electron chi connectivity index (χ0n) is 14.2. The van der Waals surface area contributed by atoms with Crippen molar-refractivity contribution in [3.63, 3.8) is 0 Å². The predicted molar refractivity (Wildman–Crippen MR) is 109 cm³/mol. The van der Waals surface area contributed by atoms with Crippen LogP contribution in [0.5, 0.6) is 0 Å². The van der Waals surface area contributed by atoms with Gasteiger partial charge in [0.1, 0.15) is 5.82 Å². The van der Waals surface area contributed by atoms with Gasteiger partial charge in [-0.3, -0.25) is 9.89 Å². The molecule has 0 spiro atoms. The van der Waals surface area contributed by atoms with E-state index < -0.39 is 0 Å². The largest absolute Gasteiger partial charge is 0.325 e. The standard InChI is InChI=1S/C19H18N4OS2/c1-25-16-9-5-8-15(12-16)20-18(24)13-26-19-21-17(22-23-19)11-10-14-6-3-2-4-7-14/h2-12H,13H2,1H3,(H,20,24)(H,21,22,23)/b11-10+. The maximum Gasteiger partial charge on any atom is 0.234 e. The predicted octanol–water partition coefficient (Wildman–Crippen LogP) is 4.43. The van der Waals surface area contributed by atoms with Crippen LogP contribution < -0.4 is 5.32 Å². The first kappa shape index (κ1) is 18.3. The third kappa shape index (κ3) is 5.50. The maximum absolute atomic E-state index is 12.1. The Hall–Kier alpha value is -2.51. The van der Waals surface area contributed by atoms with Crippen LogP contribution in [-0.2, 0) is 4.79 Å². The number of aromatic amines is 1. The molecule has 0 aliphatic rings.